The molecule has 0 aliphatic heterocycles. The SMILES string of the molecule is Fc1ccc(C#CCCCl)c(OCCOC(F)(F)F)c1. The molecule has 1 aromatic rings. The Morgan fingerprint density at radius 2 is 1.95 bits per heavy atom. The van der Waals surface area contributed by atoms with E-state index in [1.165, 1.54) is 12.1 Å². The van der Waals surface area contributed by atoms with Gasteiger partial charge in [0.25, 0.3) is 0 Å². The van der Waals surface area contributed by atoms with Crippen LogP contribution in [-0.4, -0.2) is 25.5 Å². The molecular weight excluding hydrogens is 300 g/mol. The predicted molar refractivity (Wildman–Crippen MR) is 66.1 cm³/mol. The van der Waals surface area contributed by atoms with Crippen molar-refractivity contribution in [3.63, 3.8) is 0 Å². The van der Waals surface area contributed by atoms with E-state index in [0.717, 1.165) is 6.07 Å². The van der Waals surface area contributed by atoms with E-state index in [1.807, 2.05) is 0 Å². The Bertz CT molecular complexity index is 491. The van der Waals surface area contributed by atoms with Gasteiger partial charge < -0.3 is 4.74 Å². The standard InChI is InChI=1S/C13H11ClF4O2/c14-6-2-1-3-10-4-5-11(15)9-12(10)19-7-8-20-13(16,17)18/h4-5,9H,2,6-8H2. The van der Waals surface area contributed by atoms with Gasteiger partial charge in [0.1, 0.15) is 18.2 Å². The average molecular weight is 311 g/mol. The van der Waals surface area contributed by atoms with Gasteiger partial charge in [-0.25, -0.2) is 4.39 Å². The molecule has 0 radical (unpaired) electrons. The fourth-order valence-electron chi connectivity index (χ4n) is 1.23. The van der Waals surface area contributed by atoms with Crippen molar-refractivity contribution >= 4 is 11.6 Å². The molecule has 0 spiro atoms. The fraction of sp³-hybridized carbons (Fsp3) is 0.385. The second kappa shape index (κ2) is 7.98. The minimum atomic E-state index is -4.71. The van der Waals surface area contributed by atoms with Crippen molar-refractivity contribution in [3.8, 4) is 17.6 Å². The molecule has 0 atom stereocenters. The van der Waals surface area contributed by atoms with Gasteiger partial charge in [0.2, 0.25) is 0 Å². The number of ether oxygens (including phenoxy) is 2. The van der Waals surface area contributed by atoms with Gasteiger partial charge in [0.05, 0.1) is 12.2 Å². The van der Waals surface area contributed by atoms with E-state index in [0.29, 0.717) is 17.9 Å². The molecule has 1 aromatic carbocycles. The minimum Gasteiger partial charge on any atom is -0.490 e. The van der Waals surface area contributed by atoms with Crippen LogP contribution < -0.4 is 4.74 Å². The lowest BCUT2D eigenvalue weighted by atomic mass is 10.2. The van der Waals surface area contributed by atoms with E-state index in [2.05, 4.69) is 16.6 Å². The zero-order valence-corrected chi connectivity index (χ0v) is 11.0. The molecule has 0 bridgehead atoms. The van der Waals surface area contributed by atoms with Crippen LogP contribution >= 0.6 is 11.6 Å². The van der Waals surface area contributed by atoms with Crippen molar-refractivity contribution in [2.24, 2.45) is 0 Å². The molecule has 0 unspecified atom stereocenters. The van der Waals surface area contributed by atoms with Crippen molar-refractivity contribution in [2.75, 3.05) is 19.1 Å². The van der Waals surface area contributed by atoms with E-state index in [4.69, 9.17) is 16.3 Å². The summed E-state index contributed by atoms with van der Waals surface area (Å²) >= 11 is 5.46. The van der Waals surface area contributed by atoms with E-state index < -0.39 is 18.8 Å². The molecule has 0 saturated heterocycles. The first-order valence-corrected chi connectivity index (χ1v) is 6.13. The summed E-state index contributed by atoms with van der Waals surface area (Å²) in [5.41, 5.74) is 0.378. The van der Waals surface area contributed by atoms with Crippen LogP contribution in [0.4, 0.5) is 17.6 Å². The van der Waals surface area contributed by atoms with Crippen LogP contribution in [-0.2, 0) is 4.74 Å². The Kier molecular flexibility index (Phi) is 6.62. The molecule has 110 valence electrons. The molecule has 0 fully saturated rings. The Hall–Kier alpha value is -1.45. The second-order valence-corrected chi connectivity index (χ2v) is 3.90. The zero-order valence-electron chi connectivity index (χ0n) is 10.3. The molecule has 2 nitrogen and oxygen atoms in total. The van der Waals surface area contributed by atoms with Crippen LogP contribution in [0.15, 0.2) is 18.2 Å². The van der Waals surface area contributed by atoms with Gasteiger partial charge in [-0.2, -0.15) is 0 Å². The Balaban J connectivity index is 2.63. The van der Waals surface area contributed by atoms with Crippen molar-refractivity contribution in [1.29, 1.82) is 0 Å². The third kappa shape index (κ3) is 6.64. The number of hydrogen-bond donors (Lipinski definition) is 0. The summed E-state index contributed by atoms with van der Waals surface area (Å²) in [6.07, 6.45) is -4.27. The van der Waals surface area contributed by atoms with Crippen LogP contribution in [0.1, 0.15) is 12.0 Å². The van der Waals surface area contributed by atoms with Crippen molar-refractivity contribution in [3.05, 3.63) is 29.6 Å². The minimum absolute atomic E-state index is 0.0675. The highest BCUT2D eigenvalue weighted by Gasteiger charge is 2.28. The monoisotopic (exact) mass is 310 g/mol. The normalized spacial score (nSPS) is 10.8. The van der Waals surface area contributed by atoms with Crippen LogP contribution in [0, 0.1) is 17.7 Å². The van der Waals surface area contributed by atoms with Crippen LogP contribution in [0.3, 0.4) is 0 Å². The van der Waals surface area contributed by atoms with Crippen LogP contribution in [0.5, 0.6) is 5.75 Å². The van der Waals surface area contributed by atoms with Gasteiger partial charge in [0.15, 0.2) is 0 Å². The highest BCUT2D eigenvalue weighted by Crippen LogP contribution is 2.20. The molecule has 0 saturated carbocycles. The van der Waals surface area contributed by atoms with E-state index in [9.17, 15) is 17.6 Å². The quantitative estimate of drug-likeness (QED) is 0.357. The molecule has 7 heteroatoms. The number of halogens is 5. The van der Waals surface area contributed by atoms with Gasteiger partial charge in [-0.1, -0.05) is 11.8 Å². The first kappa shape index (κ1) is 16.6. The summed E-state index contributed by atoms with van der Waals surface area (Å²) in [6, 6.07) is 3.62. The Labute approximate surface area is 118 Å². The number of hydrogen-bond acceptors (Lipinski definition) is 2. The summed E-state index contributed by atoms with van der Waals surface area (Å²) in [4.78, 5) is 0. The largest absolute Gasteiger partial charge is 0.522 e. The third-order valence-corrected chi connectivity index (χ3v) is 2.18. The predicted octanol–water partition coefficient (Wildman–Crippen LogP) is 3.72. The molecule has 0 aliphatic carbocycles. The Morgan fingerprint density at radius 1 is 1.20 bits per heavy atom. The molecule has 0 aliphatic rings. The van der Waals surface area contributed by atoms with Crippen molar-refractivity contribution in [2.45, 2.75) is 12.8 Å². The second-order valence-electron chi connectivity index (χ2n) is 3.52. The molecule has 0 aromatic heterocycles. The van der Waals surface area contributed by atoms with Gasteiger partial charge in [-0.05, 0) is 12.1 Å². The number of benzene rings is 1. The van der Waals surface area contributed by atoms with Crippen molar-refractivity contribution < 1.29 is 27.0 Å². The van der Waals surface area contributed by atoms with Gasteiger partial charge in [-0.3, -0.25) is 4.74 Å². The van der Waals surface area contributed by atoms with Crippen LogP contribution in [0.25, 0.3) is 0 Å². The van der Waals surface area contributed by atoms with E-state index in [1.54, 1.807) is 0 Å². The lowest BCUT2D eigenvalue weighted by molar-refractivity contribution is -0.325. The summed E-state index contributed by atoms with van der Waals surface area (Å²) in [5.74, 6) is 5.29. The molecule has 20 heavy (non-hydrogen) atoms. The molecule has 0 amide bonds. The first-order valence-electron chi connectivity index (χ1n) is 5.60. The third-order valence-electron chi connectivity index (χ3n) is 1.99. The average Bonchev–Trinajstić information content (AvgIpc) is 2.36. The highest BCUT2D eigenvalue weighted by molar-refractivity contribution is 6.18. The Morgan fingerprint density at radius 3 is 2.60 bits per heavy atom. The summed E-state index contributed by atoms with van der Waals surface area (Å²) in [5, 5.41) is 0. The zero-order chi connectivity index (χ0) is 15.0. The lowest BCUT2D eigenvalue weighted by Crippen LogP contribution is -2.18. The highest BCUT2D eigenvalue weighted by atomic mass is 35.5. The summed E-state index contributed by atoms with van der Waals surface area (Å²) < 4.78 is 56.9. The van der Waals surface area contributed by atoms with Crippen molar-refractivity contribution in [1.82, 2.24) is 0 Å². The molecule has 0 N–H and O–H groups in total. The van der Waals surface area contributed by atoms with Gasteiger partial charge >= 0.3 is 6.36 Å². The summed E-state index contributed by atoms with van der Waals surface area (Å²) in [7, 11) is 0. The molecule has 1 rings (SSSR count). The number of rotatable bonds is 5. The summed E-state index contributed by atoms with van der Waals surface area (Å²) in [6.45, 7) is -1.05. The smallest absolute Gasteiger partial charge is 0.490 e. The van der Waals surface area contributed by atoms with Gasteiger partial charge in [-0.15, -0.1) is 24.8 Å². The van der Waals surface area contributed by atoms with E-state index in [-0.39, 0.29) is 12.4 Å². The first-order chi connectivity index (χ1) is 9.42. The lowest BCUT2D eigenvalue weighted by Gasteiger charge is -2.10. The fourth-order valence-corrected chi connectivity index (χ4v) is 1.33. The maximum Gasteiger partial charge on any atom is 0.522 e. The van der Waals surface area contributed by atoms with Gasteiger partial charge in [0, 0.05) is 18.4 Å². The number of alkyl halides is 4. The maximum atomic E-state index is 13.1. The molecular formula is C13H11ClF4O2. The topological polar surface area (TPSA) is 18.5 Å². The van der Waals surface area contributed by atoms with E-state index >= 15 is 0 Å². The van der Waals surface area contributed by atoms with Crippen LogP contribution in [0.2, 0.25) is 0 Å². The maximum absolute atomic E-state index is 13.1. The molecule has 0 heterocycles.